The fraction of sp³-hybridized carbons (Fsp3) is 0.333. The van der Waals surface area contributed by atoms with E-state index >= 15 is 0 Å². The third-order valence-electron chi connectivity index (χ3n) is 3.67. The highest BCUT2D eigenvalue weighted by Gasteiger charge is 2.16. The van der Waals surface area contributed by atoms with Crippen LogP contribution in [0.4, 0.5) is 9.52 Å². The van der Waals surface area contributed by atoms with Gasteiger partial charge in [0, 0.05) is 18.5 Å². The van der Waals surface area contributed by atoms with Gasteiger partial charge in [0.15, 0.2) is 4.34 Å². The van der Waals surface area contributed by atoms with Crippen molar-refractivity contribution in [3.05, 3.63) is 30.3 Å². The number of nitrogens with zero attached hydrogens (tertiary/aromatic N) is 4. The summed E-state index contributed by atoms with van der Waals surface area (Å²) in [5.74, 6) is -0.354. The Hall–Kier alpha value is -1.84. The lowest BCUT2D eigenvalue weighted by Crippen LogP contribution is -2.18. The van der Waals surface area contributed by atoms with Crippen molar-refractivity contribution in [3.63, 3.8) is 0 Å². The molecule has 24 heavy (non-hydrogen) atoms. The van der Waals surface area contributed by atoms with Crippen molar-refractivity contribution >= 4 is 39.1 Å². The van der Waals surface area contributed by atoms with Crippen molar-refractivity contribution in [1.29, 1.82) is 0 Å². The van der Waals surface area contributed by atoms with Crippen molar-refractivity contribution in [2.24, 2.45) is 0 Å². The lowest BCUT2D eigenvalue weighted by molar-refractivity contribution is 0.120. The topological polar surface area (TPSA) is 72.8 Å². The molecular formula is C15H14FN5OS2. The fourth-order valence-corrected chi connectivity index (χ4v) is 4.27. The maximum absolute atomic E-state index is 13.8. The molecular weight excluding hydrogens is 349 g/mol. The van der Waals surface area contributed by atoms with E-state index in [9.17, 15) is 4.39 Å². The normalized spacial score (nSPS) is 17.5. The van der Waals surface area contributed by atoms with Crippen LogP contribution in [0.5, 0.6) is 0 Å². The molecule has 0 radical (unpaired) electrons. The Kier molecular flexibility index (Phi) is 4.54. The highest BCUT2D eigenvalue weighted by atomic mass is 32.2. The highest BCUT2D eigenvalue weighted by molar-refractivity contribution is 8.01. The number of benzene rings is 1. The minimum atomic E-state index is -0.354. The summed E-state index contributed by atoms with van der Waals surface area (Å²) in [6, 6.07) is 4.85. The smallest absolute Gasteiger partial charge is 0.206 e. The van der Waals surface area contributed by atoms with Gasteiger partial charge in [0.1, 0.15) is 22.7 Å². The van der Waals surface area contributed by atoms with Gasteiger partial charge in [0.2, 0.25) is 5.13 Å². The molecule has 0 bridgehead atoms. The van der Waals surface area contributed by atoms with E-state index in [1.807, 2.05) is 0 Å². The number of para-hydroxylation sites is 1. The first-order valence-electron chi connectivity index (χ1n) is 7.55. The predicted octanol–water partition coefficient (Wildman–Crippen LogP) is 3.36. The molecule has 1 aromatic carbocycles. The summed E-state index contributed by atoms with van der Waals surface area (Å²) in [7, 11) is 0. The molecule has 2 aromatic heterocycles. The summed E-state index contributed by atoms with van der Waals surface area (Å²) < 4.78 is 20.1. The van der Waals surface area contributed by atoms with Crippen LogP contribution in [0.25, 0.3) is 10.9 Å². The number of hydrogen-bond acceptors (Lipinski definition) is 8. The van der Waals surface area contributed by atoms with Crippen LogP contribution in [-0.2, 0) is 4.74 Å². The van der Waals surface area contributed by atoms with Gasteiger partial charge in [-0.15, -0.1) is 10.2 Å². The molecule has 0 amide bonds. The molecule has 3 heterocycles. The van der Waals surface area contributed by atoms with E-state index < -0.39 is 0 Å². The zero-order valence-corrected chi connectivity index (χ0v) is 14.2. The maximum Gasteiger partial charge on any atom is 0.206 e. The molecule has 1 aliphatic heterocycles. The summed E-state index contributed by atoms with van der Waals surface area (Å²) >= 11 is 2.80. The standard InChI is InChI=1S/C15H14FN5OS2/c16-11-5-1-4-10-12(11)18-8-19-13(10)23-15-21-20-14(24-15)17-7-9-3-2-6-22-9/h1,4-5,8-9H,2-3,6-7H2,(H,17,20). The molecule has 0 spiro atoms. The minimum Gasteiger partial charge on any atom is -0.376 e. The van der Waals surface area contributed by atoms with Crippen LogP contribution >= 0.6 is 23.1 Å². The Bertz CT molecular complexity index is 853. The number of anilines is 1. The van der Waals surface area contributed by atoms with Crippen molar-refractivity contribution in [3.8, 4) is 0 Å². The number of halogens is 1. The molecule has 1 N–H and O–H groups in total. The lowest BCUT2D eigenvalue weighted by atomic mass is 10.2. The summed E-state index contributed by atoms with van der Waals surface area (Å²) in [6.45, 7) is 1.57. The minimum absolute atomic E-state index is 0.249. The Morgan fingerprint density at radius 1 is 1.33 bits per heavy atom. The van der Waals surface area contributed by atoms with Crippen molar-refractivity contribution < 1.29 is 9.13 Å². The van der Waals surface area contributed by atoms with Gasteiger partial charge in [-0.05, 0) is 36.7 Å². The van der Waals surface area contributed by atoms with Gasteiger partial charge in [-0.2, -0.15) is 0 Å². The fourth-order valence-electron chi connectivity index (χ4n) is 2.52. The molecule has 4 rings (SSSR count). The van der Waals surface area contributed by atoms with Gasteiger partial charge in [-0.1, -0.05) is 17.4 Å². The molecule has 9 heteroatoms. The molecule has 0 aliphatic carbocycles. The molecule has 0 saturated carbocycles. The zero-order chi connectivity index (χ0) is 16.4. The average Bonchev–Trinajstić information content (AvgIpc) is 3.26. The van der Waals surface area contributed by atoms with Crippen LogP contribution in [0.15, 0.2) is 33.9 Å². The molecule has 1 fully saturated rings. The van der Waals surface area contributed by atoms with Gasteiger partial charge < -0.3 is 10.1 Å². The van der Waals surface area contributed by atoms with Crippen LogP contribution in [0, 0.1) is 5.82 Å². The summed E-state index contributed by atoms with van der Waals surface area (Å²) in [4.78, 5) is 8.25. The molecule has 1 aliphatic rings. The SMILES string of the molecule is Fc1cccc2c(Sc3nnc(NCC4CCCO4)s3)ncnc12. The second-order valence-corrected chi connectivity index (χ2v) is 7.52. The first-order valence-corrected chi connectivity index (χ1v) is 9.19. The quantitative estimate of drug-likeness (QED) is 0.697. The summed E-state index contributed by atoms with van der Waals surface area (Å²) in [5, 5.41) is 13.6. The van der Waals surface area contributed by atoms with Crippen LogP contribution in [0.1, 0.15) is 12.8 Å². The van der Waals surface area contributed by atoms with Crippen LogP contribution in [0.3, 0.4) is 0 Å². The van der Waals surface area contributed by atoms with E-state index in [1.54, 1.807) is 12.1 Å². The first-order chi connectivity index (χ1) is 11.8. The third-order valence-corrected chi connectivity index (χ3v) is 5.62. The molecule has 1 unspecified atom stereocenters. The molecule has 3 aromatic rings. The highest BCUT2D eigenvalue weighted by Crippen LogP contribution is 2.34. The largest absolute Gasteiger partial charge is 0.376 e. The first kappa shape index (κ1) is 15.7. The number of nitrogens with one attached hydrogen (secondary N) is 1. The van der Waals surface area contributed by atoms with Gasteiger partial charge in [0.25, 0.3) is 0 Å². The molecule has 1 atom stereocenters. The van der Waals surface area contributed by atoms with E-state index in [1.165, 1.54) is 35.5 Å². The van der Waals surface area contributed by atoms with Gasteiger partial charge >= 0.3 is 0 Å². The number of fused-ring (bicyclic) bond motifs is 1. The molecule has 124 valence electrons. The number of aromatic nitrogens is 4. The molecule has 1 saturated heterocycles. The Morgan fingerprint density at radius 3 is 3.17 bits per heavy atom. The van der Waals surface area contributed by atoms with E-state index in [-0.39, 0.29) is 11.9 Å². The maximum atomic E-state index is 13.8. The lowest BCUT2D eigenvalue weighted by Gasteiger charge is -2.08. The van der Waals surface area contributed by atoms with Crippen LogP contribution in [-0.4, -0.2) is 39.4 Å². The van der Waals surface area contributed by atoms with E-state index in [4.69, 9.17) is 4.74 Å². The average molecular weight is 363 g/mol. The Labute approximate surface area is 145 Å². The van der Waals surface area contributed by atoms with Crippen LogP contribution in [0.2, 0.25) is 0 Å². The Morgan fingerprint density at radius 2 is 2.29 bits per heavy atom. The summed E-state index contributed by atoms with van der Waals surface area (Å²) in [6.07, 6.45) is 3.80. The number of hydrogen-bond donors (Lipinski definition) is 1. The van der Waals surface area contributed by atoms with Crippen LogP contribution < -0.4 is 5.32 Å². The van der Waals surface area contributed by atoms with E-state index in [2.05, 4.69) is 25.5 Å². The second kappa shape index (κ2) is 6.96. The number of ether oxygens (including phenoxy) is 1. The van der Waals surface area contributed by atoms with Gasteiger partial charge in [-0.25, -0.2) is 14.4 Å². The van der Waals surface area contributed by atoms with Crippen molar-refractivity contribution in [1.82, 2.24) is 20.2 Å². The van der Waals surface area contributed by atoms with E-state index in [0.29, 0.717) is 15.9 Å². The molecule has 6 nitrogen and oxygen atoms in total. The van der Waals surface area contributed by atoms with Gasteiger partial charge in [0.05, 0.1) is 6.10 Å². The monoisotopic (exact) mass is 363 g/mol. The van der Waals surface area contributed by atoms with Crippen molar-refractivity contribution in [2.45, 2.75) is 28.3 Å². The number of rotatable bonds is 5. The van der Waals surface area contributed by atoms with Gasteiger partial charge in [-0.3, -0.25) is 0 Å². The second-order valence-electron chi connectivity index (χ2n) is 5.31. The van der Waals surface area contributed by atoms with E-state index in [0.717, 1.165) is 35.5 Å². The summed E-state index contributed by atoms with van der Waals surface area (Å²) in [5.41, 5.74) is 0.316. The van der Waals surface area contributed by atoms with Crippen molar-refractivity contribution in [2.75, 3.05) is 18.5 Å². The zero-order valence-electron chi connectivity index (χ0n) is 12.6. The third kappa shape index (κ3) is 3.33. The Balaban J connectivity index is 1.49. The predicted molar refractivity (Wildman–Crippen MR) is 91.0 cm³/mol.